The Morgan fingerprint density at radius 3 is 2.23 bits per heavy atom. The number of aromatic nitrogens is 1. The maximum Gasteiger partial charge on any atom is 0.374 e. The van der Waals surface area contributed by atoms with Gasteiger partial charge in [-0.2, -0.15) is 0 Å². The molecule has 0 aliphatic carbocycles. The average molecular weight is 222 g/mol. The van der Waals surface area contributed by atoms with Gasteiger partial charge in [0.15, 0.2) is 10.9 Å². The molecule has 0 saturated heterocycles. The minimum Gasteiger partial charge on any atom is -0.422 e. The van der Waals surface area contributed by atoms with E-state index in [4.69, 9.17) is 27.6 Å². The second kappa shape index (κ2) is 3.31. The van der Waals surface area contributed by atoms with Crippen LogP contribution in [0.3, 0.4) is 0 Å². The van der Waals surface area contributed by atoms with Crippen molar-refractivity contribution in [2.45, 2.75) is 26.2 Å². The van der Waals surface area contributed by atoms with Gasteiger partial charge in [0.1, 0.15) is 0 Å². The van der Waals surface area contributed by atoms with Crippen molar-refractivity contribution in [1.29, 1.82) is 0 Å². The van der Waals surface area contributed by atoms with E-state index >= 15 is 0 Å². The first-order valence-corrected chi connectivity index (χ1v) is 4.44. The fraction of sp³-hybridized carbons (Fsp3) is 0.500. The van der Waals surface area contributed by atoms with Gasteiger partial charge in [0.05, 0.1) is 0 Å². The molecule has 0 aliphatic heterocycles. The lowest BCUT2D eigenvalue weighted by atomic mass is 9.94. The van der Waals surface area contributed by atoms with Crippen LogP contribution in [-0.4, -0.2) is 4.98 Å². The molecule has 0 amide bonds. The van der Waals surface area contributed by atoms with E-state index in [1.165, 1.54) is 0 Å². The third-order valence-electron chi connectivity index (χ3n) is 1.43. The molecular formula is C8H9Cl2NO2. The van der Waals surface area contributed by atoms with Gasteiger partial charge in [0.2, 0.25) is 5.15 Å². The summed E-state index contributed by atoms with van der Waals surface area (Å²) in [6.45, 7) is 5.60. The highest BCUT2D eigenvalue weighted by Gasteiger charge is 2.23. The fourth-order valence-corrected chi connectivity index (χ4v) is 1.39. The van der Waals surface area contributed by atoms with Gasteiger partial charge in [0.25, 0.3) is 0 Å². The maximum absolute atomic E-state index is 11.0. The minimum absolute atomic E-state index is 0.136. The standard InChI is InChI=1S/C8H9Cl2NO2/c1-8(2,3)4-5(9)11-6(10)7(12)13-4/h1-3H3. The zero-order valence-corrected chi connectivity index (χ0v) is 9.03. The summed E-state index contributed by atoms with van der Waals surface area (Å²) in [5.41, 5.74) is -1.01. The van der Waals surface area contributed by atoms with Crippen LogP contribution in [0.4, 0.5) is 0 Å². The molecule has 0 aromatic carbocycles. The van der Waals surface area contributed by atoms with Gasteiger partial charge in [0, 0.05) is 5.41 Å². The van der Waals surface area contributed by atoms with Gasteiger partial charge >= 0.3 is 5.63 Å². The molecule has 0 saturated carbocycles. The summed E-state index contributed by atoms with van der Waals surface area (Å²) in [4.78, 5) is 14.7. The van der Waals surface area contributed by atoms with Crippen LogP contribution in [0.25, 0.3) is 0 Å². The number of halogens is 2. The van der Waals surface area contributed by atoms with Crippen molar-refractivity contribution in [3.8, 4) is 0 Å². The van der Waals surface area contributed by atoms with Gasteiger partial charge in [-0.3, -0.25) is 0 Å². The van der Waals surface area contributed by atoms with Crippen LogP contribution in [0.15, 0.2) is 9.21 Å². The Morgan fingerprint density at radius 1 is 1.23 bits per heavy atom. The average Bonchev–Trinajstić information content (AvgIpc) is 1.94. The largest absolute Gasteiger partial charge is 0.422 e. The molecule has 72 valence electrons. The Kier molecular flexibility index (Phi) is 2.68. The first-order chi connectivity index (χ1) is 5.82. The van der Waals surface area contributed by atoms with E-state index in [-0.39, 0.29) is 15.7 Å². The molecule has 1 aromatic heterocycles. The zero-order valence-electron chi connectivity index (χ0n) is 7.52. The minimum atomic E-state index is -0.656. The Bertz CT molecular complexity index is 379. The quantitative estimate of drug-likeness (QED) is 0.677. The van der Waals surface area contributed by atoms with E-state index in [1.54, 1.807) is 0 Å². The lowest BCUT2D eigenvalue weighted by Gasteiger charge is -2.16. The molecule has 1 rings (SSSR count). The second-order valence-electron chi connectivity index (χ2n) is 3.66. The number of rotatable bonds is 0. The van der Waals surface area contributed by atoms with Crippen molar-refractivity contribution in [3.63, 3.8) is 0 Å². The maximum atomic E-state index is 11.0. The third kappa shape index (κ3) is 2.23. The molecule has 3 nitrogen and oxygen atoms in total. The van der Waals surface area contributed by atoms with Crippen LogP contribution >= 0.6 is 23.2 Å². The monoisotopic (exact) mass is 221 g/mol. The summed E-state index contributed by atoms with van der Waals surface area (Å²) < 4.78 is 4.92. The summed E-state index contributed by atoms with van der Waals surface area (Å²) in [7, 11) is 0. The Morgan fingerprint density at radius 2 is 1.77 bits per heavy atom. The summed E-state index contributed by atoms with van der Waals surface area (Å²) in [5, 5.41) is -0.102. The molecule has 0 radical (unpaired) electrons. The number of nitrogens with zero attached hydrogens (tertiary/aromatic N) is 1. The van der Waals surface area contributed by atoms with Gasteiger partial charge < -0.3 is 4.42 Å². The Labute approximate surface area is 85.7 Å². The van der Waals surface area contributed by atoms with Crippen LogP contribution < -0.4 is 5.63 Å². The fourth-order valence-electron chi connectivity index (χ4n) is 0.822. The third-order valence-corrected chi connectivity index (χ3v) is 1.92. The van der Waals surface area contributed by atoms with Crippen molar-refractivity contribution in [2.75, 3.05) is 0 Å². The van der Waals surface area contributed by atoms with Crippen LogP contribution in [0, 0.1) is 0 Å². The van der Waals surface area contributed by atoms with Crippen molar-refractivity contribution < 1.29 is 4.42 Å². The summed E-state index contributed by atoms with van der Waals surface area (Å²) in [6.07, 6.45) is 0. The number of hydrogen-bond acceptors (Lipinski definition) is 3. The van der Waals surface area contributed by atoms with Gasteiger partial charge in [-0.25, -0.2) is 9.78 Å². The molecule has 0 bridgehead atoms. The van der Waals surface area contributed by atoms with Gasteiger partial charge in [-0.05, 0) is 0 Å². The van der Waals surface area contributed by atoms with Crippen molar-refractivity contribution in [3.05, 3.63) is 26.5 Å². The van der Waals surface area contributed by atoms with Crippen LogP contribution in [0.5, 0.6) is 0 Å². The topological polar surface area (TPSA) is 43.1 Å². The van der Waals surface area contributed by atoms with E-state index in [0.717, 1.165) is 0 Å². The summed E-state index contributed by atoms with van der Waals surface area (Å²) in [6, 6.07) is 0. The molecular weight excluding hydrogens is 213 g/mol. The Hall–Kier alpha value is -0.540. The predicted octanol–water partition coefficient (Wildman–Crippen LogP) is 2.64. The first-order valence-electron chi connectivity index (χ1n) is 3.69. The van der Waals surface area contributed by atoms with E-state index in [9.17, 15) is 4.79 Å². The van der Waals surface area contributed by atoms with Crippen LogP contribution in [0.1, 0.15) is 26.5 Å². The van der Waals surface area contributed by atoms with Crippen LogP contribution in [-0.2, 0) is 5.41 Å². The normalized spacial score (nSPS) is 11.8. The molecule has 13 heavy (non-hydrogen) atoms. The van der Waals surface area contributed by atoms with Gasteiger partial charge in [-0.1, -0.05) is 44.0 Å². The van der Waals surface area contributed by atoms with E-state index < -0.39 is 5.63 Å². The zero-order chi connectivity index (χ0) is 10.2. The number of hydrogen-bond donors (Lipinski definition) is 0. The molecule has 0 N–H and O–H groups in total. The highest BCUT2D eigenvalue weighted by molar-refractivity contribution is 6.32. The SMILES string of the molecule is CC(C)(C)c1oc(=O)c(Cl)nc1Cl. The molecule has 0 spiro atoms. The highest BCUT2D eigenvalue weighted by atomic mass is 35.5. The van der Waals surface area contributed by atoms with E-state index in [0.29, 0.717) is 5.76 Å². The van der Waals surface area contributed by atoms with Gasteiger partial charge in [-0.15, -0.1) is 0 Å². The molecule has 0 unspecified atom stereocenters. The molecule has 0 aliphatic rings. The Balaban J connectivity index is 3.41. The first kappa shape index (κ1) is 10.5. The van der Waals surface area contributed by atoms with E-state index in [2.05, 4.69) is 4.98 Å². The molecule has 5 heteroatoms. The van der Waals surface area contributed by atoms with Crippen molar-refractivity contribution in [2.24, 2.45) is 0 Å². The van der Waals surface area contributed by atoms with Crippen molar-refractivity contribution >= 4 is 23.2 Å². The smallest absolute Gasteiger partial charge is 0.374 e. The summed E-state index contributed by atoms with van der Waals surface area (Å²) in [5.74, 6) is 0.351. The highest BCUT2D eigenvalue weighted by Crippen LogP contribution is 2.27. The van der Waals surface area contributed by atoms with Crippen LogP contribution in [0.2, 0.25) is 10.3 Å². The molecule has 0 atom stereocenters. The van der Waals surface area contributed by atoms with E-state index in [1.807, 2.05) is 20.8 Å². The lowest BCUT2D eigenvalue weighted by Crippen LogP contribution is -2.17. The summed E-state index contributed by atoms with van der Waals surface area (Å²) >= 11 is 11.2. The lowest BCUT2D eigenvalue weighted by molar-refractivity contribution is 0.372. The second-order valence-corrected chi connectivity index (χ2v) is 4.38. The molecule has 1 heterocycles. The molecule has 1 aromatic rings. The van der Waals surface area contributed by atoms with Crippen molar-refractivity contribution in [1.82, 2.24) is 4.98 Å². The molecule has 0 fully saturated rings. The predicted molar refractivity (Wildman–Crippen MR) is 51.5 cm³/mol.